The molecule has 58 valence electrons. The molecule has 0 fully saturated rings. The van der Waals surface area contributed by atoms with Crippen molar-refractivity contribution in [1.29, 1.82) is 5.41 Å². The van der Waals surface area contributed by atoms with E-state index in [0.717, 1.165) is 0 Å². The minimum atomic E-state index is -0.0363. The second kappa shape index (κ2) is 3.68. The first-order valence-corrected chi connectivity index (χ1v) is 3.18. The van der Waals surface area contributed by atoms with Crippen LogP contribution in [-0.2, 0) is 6.61 Å². The van der Waals surface area contributed by atoms with Crippen molar-refractivity contribution < 1.29 is 5.11 Å². The van der Waals surface area contributed by atoms with E-state index in [4.69, 9.17) is 10.5 Å². The molecule has 4 nitrogen and oxygen atoms in total. The lowest BCUT2D eigenvalue weighted by Crippen LogP contribution is -1.81. The number of aliphatic hydroxyl groups is 1. The summed E-state index contributed by atoms with van der Waals surface area (Å²) in [6, 6.07) is 0. The van der Waals surface area contributed by atoms with Crippen LogP contribution in [0.1, 0.15) is 11.5 Å². The molecule has 11 heavy (non-hydrogen) atoms. The van der Waals surface area contributed by atoms with E-state index in [9.17, 15) is 0 Å². The van der Waals surface area contributed by atoms with Crippen LogP contribution in [0.5, 0.6) is 0 Å². The average Bonchev–Trinajstić information content (AvgIpc) is 2.48. The van der Waals surface area contributed by atoms with Crippen molar-refractivity contribution >= 4 is 12.3 Å². The third kappa shape index (κ3) is 2.01. The maximum Gasteiger partial charge on any atom is 0.130 e. The lowest BCUT2D eigenvalue weighted by Gasteiger charge is -1.83. The van der Waals surface area contributed by atoms with Gasteiger partial charge in [0, 0.05) is 6.21 Å². The van der Waals surface area contributed by atoms with Crippen LogP contribution in [0.15, 0.2) is 12.3 Å². The van der Waals surface area contributed by atoms with Crippen molar-refractivity contribution in [2.45, 2.75) is 6.61 Å². The minimum absolute atomic E-state index is 0.0363. The van der Waals surface area contributed by atoms with Crippen molar-refractivity contribution in [2.75, 3.05) is 0 Å². The van der Waals surface area contributed by atoms with Crippen LogP contribution < -0.4 is 0 Å². The molecule has 0 aromatic carbocycles. The van der Waals surface area contributed by atoms with Crippen molar-refractivity contribution in [3.8, 4) is 0 Å². The molecule has 0 saturated carbocycles. The third-order valence-electron chi connectivity index (χ3n) is 1.17. The van der Waals surface area contributed by atoms with Crippen molar-refractivity contribution in [1.82, 2.24) is 9.97 Å². The first-order valence-electron chi connectivity index (χ1n) is 3.18. The Bertz CT molecular complexity index is 264. The molecule has 0 atom stereocenters. The zero-order chi connectivity index (χ0) is 8.10. The Morgan fingerprint density at radius 1 is 1.73 bits per heavy atom. The van der Waals surface area contributed by atoms with Crippen LogP contribution in [0.25, 0.3) is 6.08 Å². The fourth-order valence-electron chi connectivity index (χ4n) is 0.681. The van der Waals surface area contributed by atoms with E-state index < -0.39 is 0 Å². The van der Waals surface area contributed by atoms with Crippen molar-refractivity contribution in [2.24, 2.45) is 0 Å². The Morgan fingerprint density at radius 2 is 2.55 bits per heavy atom. The van der Waals surface area contributed by atoms with Gasteiger partial charge in [-0.3, -0.25) is 0 Å². The van der Waals surface area contributed by atoms with E-state index >= 15 is 0 Å². The number of allylic oxidation sites excluding steroid dienone is 1. The zero-order valence-corrected chi connectivity index (χ0v) is 5.91. The molecule has 1 aromatic rings. The molecule has 3 N–H and O–H groups in total. The largest absolute Gasteiger partial charge is 0.390 e. The molecule has 0 bridgehead atoms. The van der Waals surface area contributed by atoms with E-state index in [1.807, 2.05) is 0 Å². The average molecular weight is 151 g/mol. The Labute approximate surface area is 64.1 Å². The highest BCUT2D eigenvalue weighted by Gasteiger charge is 1.93. The van der Waals surface area contributed by atoms with Crippen LogP contribution in [0.3, 0.4) is 0 Å². The summed E-state index contributed by atoms with van der Waals surface area (Å²) in [5, 5.41) is 15.3. The van der Waals surface area contributed by atoms with Gasteiger partial charge in [0.15, 0.2) is 0 Å². The molecule has 1 aromatic heterocycles. The molecule has 0 amide bonds. The molecular weight excluding hydrogens is 142 g/mol. The quantitative estimate of drug-likeness (QED) is 0.552. The zero-order valence-electron chi connectivity index (χ0n) is 5.91. The van der Waals surface area contributed by atoms with Gasteiger partial charge in [-0.1, -0.05) is 0 Å². The molecule has 1 heterocycles. The SMILES string of the molecule is N=C/C=C\c1ncc(CO)[nH]1. The molecule has 0 aliphatic rings. The minimum Gasteiger partial charge on any atom is -0.390 e. The predicted octanol–water partition coefficient (Wildman–Crippen LogP) is 0.565. The monoisotopic (exact) mass is 151 g/mol. The summed E-state index contributed by atoms with van der Waals surface area (Å²) in [5.74, 6) is 0.651. The molecule has 0 aliphatic carbocycles. The van der Waals surface area contributed by atoms with Gasteiger partial charge >= 0.3 is 0 Å². The van der Waals surface area contributed by atoms with Crippen molar-refractivity contribution in [3.63, 3.8) is 0 Å². The van der Waals surface area contributed by atoms with E-state index in [1.165, 1.54) is 6.21 Å². The predicted molar refractivity (Wildman–Crippen MR) is 42.3 cm³/mol. The molecule has 0 radical (unpaired) electrons. The molecule has 0 saturated heterocycles. The molecule has 0 unspecified atom stereocenters. The number of imidazole rings is 1. The normalized spacial score (nSPS) is 10.6. The Kier molecular flexibility index (Phi) is 2.57. The summed E-state index contributed by atoms with van der Waals surface area (Å²) >= 11 is 0. The first-order chi connectivity index (χ1) is 5.36. The van der Waals surface area contributed by atoms with Crippen LogP contribution >= 0.6 is 0 Å². The summed E-state index contributed by atoms with van der Waals surface area (Å²) in [7, 11) is 0. The summed E-state index contributed by atoms with van der Waals surface area (Å²) in [5.41, 5.74) is 0.676. The van der Waals surface area contributed by atoms with Gasteiger partial charge in [0.1, 0.15) is 5.82 Å². The van der Waals surface area contributed by atoms with Gasteiger partial charge in [0.25, 0.3) is 0 Å². The number of aromatic amines is 1. The van der Waals surface area contributed by atoms with Gasteiger partial charge in [0.05, 0.1) is 18.5 Å². The van der Waals surface area contributed by atoms with E-state index in [0.29, 0.717) is 11.5 Å². The fraction of sp³-hybridized carbons (Fsp3) is 0.143. The third-order valence-corrected chi connectivity index (χ3v) is 1.17. The Morgan fingerprint density at radius 3 is 3.09 bits per heavy atom. The highest BCUT2D eigenvalue weighted by molar-refractivity contribution is 5.74. The fourth-order valence-corrected chi connectivity index (χ4v) is 0.681. The van der Waals surface area contributed by atoms with Gasteiger partial charge in [-0.05, 0) is 12.2 Å². The maximum absolute atomic E-state index is 8.64. The highest BCUT2D eigenvalue weighted by atomic mass is 16.3. The number of hydrogen-bond acceptors (Lipinski definition) is 3. The van der Waals surface area contributed by atoms with Crippen LogP contribution in [0, 0.1) is 5.41 Å². The first kappa shape index (κ1) is 7.68. The highest BCUT2D eigenvalue weighted by Crippen LogP contribution is 1.97. The van der Waals surface area contributed by atoms with Crippen LogP contribution in [0.2, 0.25) is 0 Å². The van der Waals surface area contributed by atoms with Crippen molar-refractivity contribution in [3.05, 3.63) is 23.8 Å². The number of rotatable bonds is 3. The number of H-pyrrole nitrogens is 1. The second-order valence-corrected chi connectivity index (χ2v) is 1.98. The van der Waals surface area contributed by atoms with Gasteiger partial charge < -0.3 is 15.5 Å². The number of aromatic nitrogens is 2. The maximum atomic E-state index is 8.64. The summed E-state index contributed by atoms with van der Waals surface area (Å²) in [6.45, 7) is -0.0363. The summed E-state index contributed by atoms with van der Waals surface area (Å²) < 4.78 is 0. The van der Waals surface area contributed by atoms with E-state index in [2.05, 4.69) is 9.97 Å². The molecule has 0 aliphatic heterocycles. The molecule has 1 rings (SSSR count). The lowest BCUT2D eigenvalue weighted by atomic mass is 10.5. The van der Waals surface area contributed by atoms with Gasteiger partial charge in [-0.2, -0.15) is 0 Å². The molecule has 0 spiro atoms. The summed E-state index contributed by atoms with van der Waals surface area (Å²) in [4.78, 5) is 6.77. The topological polar surface area (TPSA) is 72.8 Å². The Balaban J connectivity index is 2.72. The Hall–Kier alpha value is -1.42. The van der Waals surface area contributed by atoms with Gasteiger partial charge in [0.2, 0.25) is 0 Å². The van der Waals surface area contributed by atoms with Gasteiger partial charge in [-0.25, -0.2) is 4.98 Å². The van der Waals surface area contributed by atoms with E-state index in [1.54, 1.807) is 18.3 Å². The lowest BCUT2D eigenvalue weighted by molar-refractivity contribution is 0.277. The number of aliphatic hydroxyl groups excluding tert-OH is 1. The number of hydrogen-bond donors (Lipinski definition) is 3. The van der Waals surface area contributed by atoms with Crippen LogP contribution in [-0.4, -0.2) is 21.3 Å². The standard InChI is InChI=1S/C7H9N3O/c8-3-1-2-7-9-4-6(5-11)10-7/h1-4,8,11H,5H2,(H,9,10)/b2-1-,8-3?. The van der Waals surface area contributed by atoms with Crippen LogP contribution in [0.4, 0.5) is 0 Å². The van der Waals surface area contributed by atoms with E-state index in [-0.39, 0.29) is 6.61 Å². The smallest absolute Gasteiger partial charge is 0.130 e. The molecule has 4 heteroatoms. The number of nitrogens with zero attached hydrogens (tertiary/aromatic N) is 1. The molecular formula is C7H9N3O. The van der Waals surface area contributed by atoms with Gasteiger partial charge in [-0.15, -0.1) is 0 Å². The summed E-state index contributed by atoms with van der Waals surface area (Å²) in [6.07, 6.45) is 5.94. The number of nitrogens with one attached hydrogen (secondary N) is 2. The second-order valence-electron chi connectivity index (χ2n) is 1.98.